The average Bonchev–Trinajstić information content (AvgIpc) is 3.92. The van der Waals surface area contributed by atoms with E-state index in [-0.39, 0.29) is 36.6 Å². The van der Waals surface area contributed by atoms with Gasteiger partial charge in [-0.25, -0.2) is 9.97 Å². The second-order valence-electron chi connectivity index (χ2n) is 15.3. The maximum Gasteiger partial charge on any atom is 0.255 e. The molecule has 2 aromatic heterocycles. The number of hydrogen-bond donors (Lipinski definition) is 3. The SMILES string of the molecule is CN(CC1c2ccccc2C(=O)N1C1CC(=O)NC(=O)C1)C1CCN(c2ccc(Nc3ncc4nc(Nc5ccccc5)n(C5CCCC5)c4n3)cc2)CC1. The Morgan fingerprint density at radius 1 is 0.782 bits per heavy atom. The van der Waals surface area contributed by atoms with Crippen molar-refractivity contribution >= 4 is 57.8 Å². The number of carbonyl (C=O) groups excluding carboxylic acids is 3. The predicted molar refractivity (Wildman–Crippen MR) is 212 cm³/mol. The molecule has 3 N–H and O–H groups in total. The number of piperidine rings is 2. The number of fused-ring (bicyclic) bond motifs is 2. The molecule has 4 aliphatic rings. The minimum Gasteiger partial charge on any atom is -0.371 e. The predicted octanol–water partition coefficient (Wildman–Crippen LogP) is 6.33. The molecule has 1 saturated carbocycles. The molecule has 13 heteroatoms. The number of benzene rings is 3. The van der Waals surface area contributed by atoms with Gasteiger partial charge < -0.3 is 25.3 Å². The second kappa shape index (κ2) is 14.8. The maximum absolute atomic E-state index is 13.6. The van der Waals surface area contributed by atoms with Crippen molar-refractivity contribution in [2.75, 3.05) is 42.2 Å². The van der Waals surface area contributed by atoms with E-state index < -0.39 is 6.04 Å². The third-order valence-electron chi connectivity index (χ3n) is 11.8. The monoisotopic (exact) mass is 738 g/mol. The first-order valence-electron chi connectivity index (χ1n) is 19.5. The third-order valence-corrected chi connectivity index (χ3v) is 11.8. The van der Waals surface area contributed by atoms with E-state index in [1.165, 1.54) is 18.5 Å². The van der Waals surface area contributed by atoms with Crippen LogP contribution in [0.1, 0.15) is 79.4 Å². The van der Waals surface area contributed by atoms with Crippen LogP contribution in [0.2, 0.25) is 0 Å². The molecule has 0 spiro atoms. The van der Waals surface area contributed by atoms with Gasteiger partial charge in [0.05, 0.1) is 18.3 Å². The minimum absolute atomic E-state index is 0.0951. The first kappa shape index (κ1) is 34.9. The normalized spacial score (nSPS) is 19.7. The van der Waals surface area contributed by atoms with Crippen LogP contribution in [0.15, 0.2) is 85.1 Å². The van der Waals surface area contributed by atoms with Crippen molar-refractivity contribution in [3.05, 3.63) is 96.2 Å². The number of nitrogens with zero attached hydrogens (tertiary/aromatic N) is 7. The second-order valence-corrected chi connectivity index (χ2v) is 15.3. The Balaban J connectivity index is 0.845. The van der Waals surface area contributed by atoms with Crippen molar-refractivity contribution < 1.29 is 14.4 Å². The molecule has 2 saturated heterocycles. The summed E-state index contributed by atoms with van der Waals surface area (Å²) in [5.74, 6) is 0.599. The molecular weight excluding hydrogens is 693 g/mol. The van der Waals surface area contributed by atoms with E-state index in [0.717, 1.165) is 72.8 Å². The number of imide groups is 1. The summed E-state index contributed by atoms with van der Waals surface area (Å²) < 4.78 is 2.26. The average molecular weight is 739 g/mol. The fourth-order valence-corrected chi connectivity index (χ4v) is 9.04. The highest BCUT2D eigenvalue weighted by Crippen LogP contribution is 2.39. The smallest absolute Gasteiger partial charge is 0.255 e. The Morgan fingerprint density at radius 3 is 2.22 bits per heavy atom. The van der Waals surface area contributed by atoms with Crippen molar-refractivity contribution in [3.63, 3.8) is 0 Å². The van der Waals surface area contributed by atoms with Crippen molar-refractivity contribution in [1.82, 2.24) is 34.6 Å². The molecule has 3 amide bonds. The number of imidazole rings is 1. The van der Waals surface area contributed by atoms with Gasteiger partial charge in [0, 0.05) is 67.2 Å². The molecule has 0 bridgehead atoms. The summed E-state index contributed by atoms with van der Waals surface area (Å²) in [5, 5.41) is 9.32. The van der Waals surface area contributed by atoms with E-state index in [9.17, 15) is 14.4 Å². The first-order valence-corrected chi connectivity index (χ1v) is 19.5. The first-order chi connectivity index (χ1) is 26.9. The Morgan fingerprint density at radius 2 is 1.47 bits per heavy atom. The van der Waals surface area contributed by atoms with Crippen LogP contribution in [-0.4, -0.2) is 85.8 Å². The van der Waals surface area contributed by atoms with Crippen LogP contribution in [0, 0.1) is 0 Å². The zero-order chi connectivity index (χ0) is 37.5. The highest BCUT2D eigenvalue weighted by molar-refractivity contribution is 6.02. The van der Waals surface area contributed by atoms with Crippen molar-refractivity contribution in [3.8, 4) is 0 Å². The molecule has 13 nitrogen and oxygen atoms in total. The molecule has 282 valence electrons. The van der Waals surface area contributed by atoms with Crippen molar-refractivity contribution in [2.24, 2.45) is 0 Å². The number of para-hydroxylation sites is 1. The van der Waals surface area contributed by atoms with E-state index in [1.807, 2.05) is 54.6 Å². The molecule has 5 heterocycles. The van der Waals surface area contributed by atoms with Gasteiger partial charge in [-0.05, 0) is 80.8 Å². The number of hydrogen-bond acceptors (Lipinski definition) is 10. The highest BCUT2D eigenvalue weighted by atomic mass is 16.2. The zero-order valence-electron chi connectivity index (χ0n) is 31.0. The fraction of sp³-hybridized carbons (Fsp3) is 0.381. The number of nitrogens with one attached hydrogen (secondary N) is 3. The summed E-state index contributed by atoms with van der Waals surface area (Å²) >= 11 is 0. The van der Waals surface area contributed by atoms with Gasteiger partial charge >= 0.3 is 0 Å². The highest BCUT2D eigenvalue weighted by Gasteiger charge is 2.44. The molecule has 0 radical (unpaired) electrons. The quantitative estimate of drug-likeness (QED) is 0.139. The largest absolute Gasteiger partial charge is 0.371 e. The standard InChI is InChI=1S/C42H46N10O3/c1-49(26-36-33-13-7-8-14-34(33)40(55)51(36)32-23-37(53)47-38(54)24-32)29-19-21-50(22-20-29)30-17-15-28(16-18-30)44-41-43-25-35-39(48-41)52(31-11-5-6-12-31)42(46-35)45-27-9-3-2-4-10-27/h2-4,7-10,13-18,25,29,31-32,36H,5-6,11-12,19-24,26H2,1H3,(H,45,46)(H,43,44,48)(H,47,53,54). The summed E-state index contributed by atoms with van der Waals surface area (Å²) in [7, 11) is 2.13. The van der Waals surface area contributed by atoms with Gasteiger partial charge in [0.25, 0.3) is 5.91 Å². The number of carbonyl (C=O) groups is 3. The lowest BCUT2D eigenvalue weighted by Crippen LogP contribution is -2.52. The lowest BCUT2D eigenvalue weighted by Gasteiger charge is -2.41. The van der Waals surface area contributed by atoms with Gasteiger partial charge in [-0.15, -0.1) is 0 Å². The third kappa shape index (κ3) is 7.00. The van der Waals surface area contributed by atoms with Crippen molar-refractivity contribution in [1.29, 1.82) is 0 Å². The Bertz CT molecular complexity index is 2190. The maximum atomic E-state index is 13.6. The Kier molecular flexibility index (Phi) is 9.38. The molecule has 5 aromatic rings. The summed E-state index contributed by atoms with van der Waals surface area (Å²) in [6.07, 6.45) is 8.66. The zero-order valence-corrected chi connectivity index (χ0v) is 31.0. The molecule has 3 fully saturated rings. The molecule has 1 atom stereocenters. The summed E-state index contributed by atoms with van der Waals surface area (Å²) in [6.45, 7) is 2.46. The van der Waals surface area contributed by atoms with E-state index in [1.54, 1.807) is 11.1 Å². The number of likely N-dealkylation sites (N-methyl/N-ethyl adjacent to an activating group) is 1. The fourth-order valence-electron chi connectivity index (χ4n) is 9.04. The van der Waals surface area contributed by atoms with E-state index in [2.05, 4.69) is 66.6 Å². The van der Waals surface area contributed by atoms with Gasteiger partial charge in [-0.3, -0.25) is 24.3 Å². The van der Waals surface area contributed by atoms with Crippen LogP contribution in [0.4, 0.5) is 29.0 Å². The number of aromatic nitrogens is 4. The minimum atomic E-state index is -0.441. The van der Waals surface area contributed by atoms with Gasteiger partial charge in [0.15, 0.2) is 5.65 Å². The molecule has 9 rings (SSSR count). The number of amides is 3. The van der Waals surface area contributed by atoms with Gasteiger partial charge in [-0.2, -0.15) is 4.98 Å². The van der Waals surface area contributed by atoms with E-state index >= 15 is 0 Å². The number of anilines is 5. The topological polar surface area (TPSA) is 141 Å². The van der Waals surface area contributed by atoms with Crippen LogP contribution >= 0.6 is 0 Å². The molecule has 1 aliphatic carbocycles. The van der Waals surface area contributed by atoms with Crippen LogP contribution in [-0.2, 0) is 9.59 Å². The molecule has 3 aromatic carbocycles. The van der Waals surface area contributed by atoms with Gasteiger partial charge in [0.2, 0.25) is 23.7 Å². The Labute approximate surface area is 320 Å². The van der Waals surface area contributed by atoms with Crippen LogP contribution in [0.3, 0.4) is 0 Å². The summed E-state index contributed by atoms with van der Waals surface area (Å²) in [6, 6.07) is 26.3. The molecule has 55 heavy (non-hydrogen) atoms. The van der Waals surface area contributed by atoms with E-state index in [0.29, 0.717) is 30.1 Å². The summed E-state index contributed by atoms with van der Waals surface area (Å²) in [4.78, 5) is 59.3. The van der Waals surface area contributed by atoms with Crippen molar-refractivity contribution in [2.45, 2.75) is 75.5 Å². The van der Waals surface area contributed by atoms with E-state index in [4.69, 9.17) is 9.97 Å². The lowest BCUT2D eigenvalue weighted by atomic mass is 9.98. The molecule has 3 aliphatic heterocycles. The van der Waals surface area contributed by atoms with Crippen LogP contribution < -0.4 is 20.9 Å². The van der Waals surface area contributed by atoms with Gasteiger partial charge in [0.1, 0.15) is 5.52 Å². The number of rotatable bonds is 10. The molecule has 1 unspecified atom stereocenters. The van der Waals surface area contributed by atoms with Gasteiger partial charge in [-0.1, -0.05) is 49.2 Å². The molecular formula is C42H46N10O3. The van der Waals surface area contributed by atoms with Crippen LogP contribution in [0.5, 0.6) is 0 Å². The Hall–Kier alpha value is -5.82. The summed E-state index contributed by atoms with van der Waals surface area (Å²) in [5.41, 5.74) is 6.32. The lowest BCUT2D eigenvalue weighted by molar-refractivity contribution is -0.135. The van der Waals surface area contributed by atoms with Crippen LogP contribution in [0.25, 0.3) is 11.2 Å².